The molecule has 23 heavy (non-hydrogen) atoms. The Labute approximate surface area is 142 Å². The molecule has 8 heteroatoms. The Hall–Kier alpha value is -1.54. The number of urea groups is 1. The van der Waals surface area contributed by atoms with E-state index in [2.05, 4.69) is 25.8 Å². The molecule has 0 bridgehead atoms. The van der Waals surface area contributed by atoms with Crippen LogP contribution in [-0.2, 0) is 5.54 Å². The van der Waals surface area contributed by atoms with Gasteiger partial charge >= 0.3 is 6.03 Å². The molecule has 2 aromatic heterocycles. The maximum absolute atomic E-state index is 12.4. The number of nitrogens with zero attached hydrogens (tertiary/aromatic N) is 3. The Morgan fingerprint density at radius 1 is 1.30 bits per heavy atom. The predicted octanol–water partition coefficient (Wildman–Crippen LogP) is 3.77. The largest absolute Gasteiger partial charge is 0.326 e. The topological polar surface area (TPSA) is 79.8 Å². The summed E-state index contributed by atoms with van der Waals surface area (Å²) in [6.07, 6.45) is 6.49. The molecule has 0 radical (unpaired) electrons. The lowest BCUT2D eigenvalue weighted by Gasteiger charge is -2.27. The first-order valence-corrected chi connectivity index (χ1v) is 9.69. The number of thiazole rings is 1. The van der Waals surface area contributed by atoms with Gasteiger partial charge in [-0.15, -0.1) is 21.5 Å². The van der Waals surface area contributed by atoms with Crippen molar-refractivity contribution in [1.82, 2.24) is 20.5 Å². The Bertz CT molecular complexity index is 715. The molecule has 122 valence electrons. The SMILES string of the molecule is Cc1csc(C2(NC(=O)Nc3nnc(C4CC4)s3)CCCC2)n1. The molecule has 2 aliphatic carbocycles. The fraction of sp³-hybridized carbons (Fsp3) is 0.600. The second-order valence-electron chi connectivity index (χ2n) is 6.38. The second-order valence-corrected chi connectivity index (χ2v) is 8.25. The average molecular weight is 349 g/mol. The van der Waals surface area contributed by atoms with Crippen LogP contribution in [0.3, 0.4) is 0 Å². The number of anilines is 1. The summed E-state index contributed by atoms with van der Waals surface area (Å²) in [6.45, 7) is 1.99. The third-order valence-electron chi connectivity index (χ3n) is 4.43. The van der Waals surface area contributed by atoms with Crippen LogP contribution < -0.4 is 10.6 Å². The van der Waals surface area contributed by atoms with Crippen molar-refractivity contribution in [2.45, 2.75) is 56.9 Å². The van der Waals surface area contributed by atoms with E-state index in [1.165, 1.54) is 24.2 Å². The van der Waals surface area contributed by atoms with Gasteiger partial charge in [0, 0.05) is 17.0 Å². The average Bonchev–Trinajstić information content (AvgIpc) is 2.90. The van der Waals surface area contributed by atoms with Crippen molar-refractivity contribution < 1.29 is 4.79 Å². The number of aromatic nitrogens is 3. The van der Waals surface area contributed by atoms with Crippen molar-refractivity contribution in [1.29, 1.82) is 0 Å². The van der Waals surface area contributed by atoms with Gasteiger partial charge in [0.25, 0.3) is 0 Å². The molecule has 2 heterocycles. The molecule has 2 N–H and O–H groups in total. The number of aryl methyl sites for hydroxylation is 1. The van der Waals surface area contributed by atoms with E-state index in [-0.39, 0.29) is 11.6 Å². The first kappa shape index (κ1) is 15.0. The smallest absolute Gasteiger partial charge is 0.321 e. The highest BCUT2D eigenvalue weighted by Crippen LogP contribution is 2.42. The van der Waals surface area contributed by atoms with Crippen LogP contribution in [0.2, 0.25) is 0 Å². The Balaban J connectivity index is 1.46. The molecule has 0 atom stereocenters. The summed E-state index contributed by atoms with van der Waals surface area (Å²) in [4.78, 5) is 17.1. The molecule has 0 aromatic carbocycles. The first-order valence-electron chi connectivity index (χ1n) is 8.00. The van der Waals surface area contributed by atoms with E-state index in [0.29, 0.717) is 11.0 Å². The molecular weight excluding hydrogens is 330 g/mol. The second kappa shape index (κ2) is 5.83. The number of rotatable bonds is 4. The van der Waals surface area contributed by atoms with Crippen molar-refractivity contribution in [3.05, 3.63) is 21.1 Å². The van der Waals surface area contributed by atoms with E-state index in [9.17, 15) is 4.79 Å². The molecule has 2 fully saturated rings. The van der Waals surface area contributed by atoms with E-state index in [1.54, 1.807) is 11.3 Å². The first-order chi connectivity index (χ1) is 11.1. The highest BCUT2D eigenvalue weighted by Gasteiger charge is 2.39. The summed E-state index contributed by atoms with van der Waals surface area (Å²) in [5.41, 5.74) is 0.684. The van der Waals surface area contributed by atoms with Gasteiger partial charge in [0.2, 0.25) is 5.13 Å². The number of carbonyl (C=O) groups is 1. The van der Waals surface area contributed by atoms with Crippen LogP contribution >= 0.6 is 22.7 Å². The zero-order valence-electron chi connectivity index (χ0n) is 13.0. The molecule has 0 spiro atoms. The van der Waals surface area contributed by atoms with E-state index < -0.39 is 0 Å². The van der Waals surface area contributed by atoms with Gasteiger partial charge in [-0.2, -0.15) is 0 Å². The highest BCUT2D eigenvalue weighted by atomic mass is 32.1. The lowest BCUT2D eigenvalue weighted by atomic mass is 9.99. The lowest BCUT2D eigenvalue weighted by molar-refractivity contribution is 0.236. The van der Waals surface area contributed by atoms with Crippen molar-refractivity contribution in [3.8, 4) is 0 Å². The van der Waals surface area contributed by atoms with Crippen molar-refractivity contribution in [2.75, 3.05) is 5.32 Å². The standard InChI is InChI=1S/C15H19N5OS2/c1-9-8-22-12(16-9)15(6-2-3-7-15)18-13(21)17-14-20-19-11(23-14)10-4-5-10/h8,10H,2-7H2,1H3,(H2,17,18,20,21). The highest BCUT2D eigenvalue weighted by molar-refractivity contribution is 7.15. The fourth-order valence-corrected chi connectivity index (χ4v) is 4.99. The predicted molar refractivity (Wildman–Crippen MR) is 91.0 cm³/mol. The van der Waals surface area contributed by atoms with Crippen LogP contribution in [0.5, 0.6) is 0 Å². The molecule has 2 amide bonds. The van der Waals surface area contributed by atoms with Gasteiger partial charge in [-0.25, -0.2) is 9.78 Å². The summed E-state index contributed by atoms with van der Waals surface area (Å²) in [6, 6.07) is -0.210. The van der Waals surface area contributed by atoms with Crippen LogP contribution in [0.15, 0.2) is 5.38 Å². The molecule has 4 rings (SSSR count). The van der Waals surface area contributed by atoms with Crippen LogP contribution in [0.25, 0.3) is 0 Å². The number of nitrogens with one attached hydrogen (secondary N) is 2. The van der Waals surface area contributed by atoms with E-state index in [4.69, 9.17) is 0 Å². The Kier molecular flexibility index (Phi) is 3.81. The molecule has 0 aliphatic heterocycles. The summed E-state index contributed by atoms with van der Waals surface area (Å²) < 4.78 is 0. The molecule has 0 unspecified atom stereocenters. The molecule has 2 aliphatic rings. The Morgan fingerprint density at radius 3 is 2.74 bits per heavy atom. The van der Waals surface area contributed by atoms with Crippen molar-refractivity contribution >= 4 is 33.8 Å². The van der Waals surface area contributed by atoms with Gasteiger partial charge in [-0.1, -0.05) is 24.2 Å². The fourth-order valence-electron chi connectivity index (χ4n) is 3.07. The van der Waals surface area contributed by atoms with E-state index in [0.717, 1.165) is 41.4 Å². The molecule has 2 saturated carbocycles. The minimum absolute atomic E-state index is 0.210. The van der Waals surface area contributed by atoms with E-state index >= 15 is 0 Å². The van der Waals surface area contributed by atoms with Crippen LogP contribution in [0, 0.1) is 6.92 Å². The van der Waals surface area contributed by atoms with Crippen molar-refractivity contribution in [2.24, 2.45) is 0 Å². The minimum Gasteiger partial charge on any atom is -0.326 e. The third-order valence-corrected chi connectivity index (χ3v) is 6.59. The number of hydrogen-bond donors (Lipinski definition) is 2. The summed E-state index contributed by atoms with van der Waals surface area (Å²) in [5.74, 6) is 0.561. The van der Waals surface area contributed by atoms with E-state index in [1.807, 2.05) is 12.3 Å². The van der Waals surface area contributed by atoms with Gasteiger partial charge in [0.1, 0.15) is 10.0 Å². The van der Waals surface area contributed by atoms with Gasteiger partial charge in [-0.3, -0.25) is 5.32 Å². The maximum Gasteiger partial charge on any atom is 0.321 e. The summed E-state index contributed by atoms with van der Waals surface area (Å²) >= 11 is 3.11. The minimum atomic E-state index is -0.326. The lowest BCUT2D eigenvalue weighted by Crippen LogP contribution is -2.45. The zero-order valence-corrected chi connectivity index (χ0v) is 14.6. The monoisotopic (exact) mass is 349 g/mol. The van der Waals surface area contributed by atoms with Crippen LogP contribution in [0.4, 0.5) is 9.93 Å². The molecule has 2 aromatic rings. The number of carbonyl (C=O) groups excluding carboxylic acids is 1. The third kappa shape index (κ3) is 3.10. The van der Waals surface area contributed by atoms with Gasteiger partial charge < -0.3 is 5.32 Å². The summed E-state index contributed by atoms with van der Waals surface area (Å²) in [7, 11) is 0. The normalized spacial score (nSPS) is 19.7. The van der Waals surface area contributed by atoms with Gasteiger partial charge in [0.15, 0.2) is 0 Å². The molecule has 0 saturated heterocycles. The summed E-state index contributed by atoms with van der Waals surface area (Å²) in [5, 5.41) is 18.9. The Morgan fingerprint density at radius 2 is 2.09 bits per heavy atom. The maximum atomic E-state index is 12.4. The molecular formula is C15H19N5OS2. The molecule has 6 nitrogen and oxygen atoms in total. The van der Waals surface area contributed by atoms with Gasteiger partial charge in [0.05, 0.1) is 5.54 Å². The quantitative estimate of drug-likeness (QED) is 0.880. The zero-order chi connectivity index (χ0) is 15.9. The number of hydrogen-bond acceptors (Lipinski definition) is 6. The number of amides is 2. The van der Waals surface area contributed by atoms with Crippen LogP contribution in [0.1, 0.15) is 60.2 Å². The van der Waals surface area contributed by atoms with Crippen LogP contribution in [-0.4, -0.2) is 21.2 Å². The van der Waals surface area contributed by atoms with Gasteiger partial charge in [-0.05, 0) is 32.6 Å². The van der Waals surface area contributed by atoms with Crippen molar-refractivity contribution in [3.63, 3.8) is 0 Å².